The molecule has 0 fully saturated rings. The van der Waals surface area contributed by atoms with E-state index in [0.29, 0.717) is 11.5 Å². The van der Waals surface area contributed by atoms with Crippen LogP contribution in [0.5, 0.6) is 0 Å². The first-order chi connectivity index (χ1) is 14.4. The van der Waals surface area contributed by atoms with E-state index in [1.165, 1.54) is 46.0 Å². The Bertz CT molecular complexity index is 1250. The molecule has 0 saturated heterocycles. The summed E-state index contributed by atoms with van der Waals surface area (Å²) >= 11 is 0. The number of hydrogen-bond acceptors (Lipinski definition) is 7. The molecule has 4 rings (SSSR count). The highest BCUT2D eigenvalue weighted by atomic mass is 19.1. The van der Waals surface area contributed by atoms with E-state index >= 15 is 0 Å². The Morgan fingerprint density at radius 1 is 1.23 bits per heavy atom. The van der Waals surface area contributed by atoms with Crippen molar-refractivity contribution < 1.29 is 14.1 Å². The number of imidazole rings is 1. The number of carbonyl (C=O) groups is 1. The Labute approximate surface area is 167 Å². The van der Waals surface area contributed by atoms with Crippen molar-refractivity contribution in [3.8, 4) is 11.4 Å². The number of aryl methyl sites for hydroxylation is 1. The third-order valence-electron chi connectivity index (χ3n) is 4.28. The SMILES string of the molecule is Cc1nnnn1-c1ccc(F)c(NC(=O)c2ccc(-n3ccnc3)c([N+](=O)[O-])c2)c1. The first kappa shape index (κ1) is 18.9. The zero-order chi connectivity index (χ0) is 21.3. The lowest BCUT2D eigenvalue weighted by Gasteiger charge is -2.10. The van der Waals surface area contributed by atoms with Crippen LogP contribution in [0, 0.1) is 22.9 Å². The molecule has 11 nitrogen and oxygen atoms in total. The molecular weight excluding hydrogens is 395 g/mol. The van der Waals surface area contributed by atoms with Crippen LogP contribution in [0.4, 0.5) is 15.8 Å². The molecule has 2 aromatic heterocycles. The van der Waals surface area contributed by atoms with Crippen LogP contribution < -0.4 is 5.32 Å². The molecule has 4 aromatic rings. The number of hydrogen-bond donors (Lipinski definition) is 1. The van der Waals surface area contributed by atoms with Gasteiger partial charge in [0.25, 0.3) is 11.6 Å². The number of nitrogens with one attached hydrogen (secondary N) is 1. The number of anilines is 1. The van der Waals surface area contributed by atoms with E-state index in [4.69, 9.17) is 0 Å². The topological polar surface area (TPSA) is 134 Å². The van der Waals surface area contributed by atoms with E-state index in [0.717, 1.165) is 12.1 Å². The molecule has 0 spiro atoms. The van der Waals surface area contributed by atoms with Crippen molar-refractivity contribution >= 4 is 17.3 Å². The van der Waals surface area contributed by atoms with Crippen LogP contribution in [0.3, 0.4) is 0 Å². The van der Waals surface area contributed by atoms with Gasteiger partial charge in [-0.1, -0.05) is 0 Å². The van der Waals surface area contributed by atoms with E-state index in [1.807, 2.05) is 0 Å². The molecule has 2 heterocycles. The maximum atomic E-state index is 14.3. The third-order valence-corrected chi connectivity index (χ3v) is 4.28. The minimum absolute atomic E-state index is 0.00558. The number of aromatic nitrogens is 6. The molecule has 0 aliphatic carbocycles. The quantitative estimate of drug-likeness (QED) is 0.396. The van der Waals surface area contributed by atoms with Crippen molar-refractivity contribution in [3.63, 3.8) is 0 Å². The van der Waals surface area contributed by atoms with Crippen LogP contribution in [-0.4, -0.2) is 40.6 Å². The molecule has 150 valence electrons. The normalized spacial score (nSPS) is 10.7. The molecule has 2 aromatic carbocycles. The average Bonchev–Trinajstić information content (AvgIpc) is 3.41. The van der Waals surface area contributed by atoms with Gasteiger partial charge in [0.2, 0.25) is 0 Å². The second-order valence-electron chi connectivity index (χ2n) is 6.19. The number of carbonyl (C=O) groups excluding carboxylic acids is 1. The predicted molar refractivity (Wildman–Crippen MR) is 102 cm³/mol. The molecule has 0 atom stereocenters. The summed E-state index contributed by atoms with van der Waals surface area (Å²) in [5.74, 6) is -0.910. The van der Waals surface area contributed by atoms with Crippen LogP contribution in [0.15, 0.2) is 55.1 Å². The van der Waals surface area contributed by atoms with Crippen LogP contribution in [0.25, 0.3) is 11.4 Å². The first-order valence-electron chi connectivity index (χ1n) is 8.57. The Hall–Kier alpha value is -4.48. The molecule has 0 radical (unpaired) electrons. The number of amides is 1. The number of tetrazole rings is 1. The Morgan fingerprint density at radius 2 is 2.07 bits per heavy atom. The second kappa shape index (κ2) is 7.50. The second-order valence-corrected chi connectivity index (χ2v) is 6.19. The van der Waals surface area contributed by atoms with Crippen molar-refractivity contribution in [1.29, 1.82) is 0 Å². The summed E-state index contributed by atoms with van der Waals surface area (Å²) in [6.45, 7) is 1.67. The van der Waals surface area contributed by atoms with Gasteiger partial charge >= 0.3 is 0 Å². The monoisotopic (exact) mass is 408 g/mol. The van der Waals surface area contributed by atoms with Crippen molar-refractivity contribution in [3.05, 3.63) is 82.4 Å². The van der Waals surface area contributed by atoms with Gasteiger partial charge in [-0.3, -0.25) is 14.9 Å². The fourth-order valence-electron chi connectivity index (χ4n) is 2.84. The number of halogens is 1. The van der Waals surface area contributed by atoms with Gasteiger partial charge in [0.1, 0.15) is 11.5 Å². The standard InChI is InChI=1S/C18H13FN8O3/c1-11-22-23-24-26(11)13-3-4-14(19)15(9-13)21-18(28)12-2-5-16(17(8-12)27(29)30)25-7-6-20-10-25/h2-10H,1H3,(H,21,28). The third kappa shape index (κ3) is 3.48. The minimum atomic E-state index is -0.709. The van der Waals surface area contributed by atoms with Gasteiger partial charge in [-0.15, -0.1) is 5.10 Å². The van der Waals surface area contributed by atoms with Crippen LogP contribution in [0.1, 0.15) is 16.2 Å². The minimum Gasteiger partial charge on any atom is -0.319 e. The Morgan fingerprint density at radius 3 is 2.73 bits per heavy atom. The zero-order valence-corrected chi connectivity index (χ0v) is 15.4. The van der Waals surface area contributed by atoms with E-state index in [2.05, 4.69) is 25.8 Å². The van der Waals surface area contributed by atoms with E-state index in [9.17, 15) is 19.3 Å². The number of benzene rings is 2. The van der Waals surface area contributed by atoms with Crippen LogP contribution in [0.2, 0.25) is 0 Å². The van der Waals surface area contributed by atoms with E-state index in [-0.39, 0.29) is 22.6 Å². The molecule has 0 unspecified atom stereocenters. The zero-order valence-electron chi connectivity index (χ0n) is 15.4. The highest BCUT2D eigenvalue weighted by Gasteiger charge is 2.20. The summed E-state index contributed by atoms with van der Waals surface area (Å²) in [6.07, 6.45) is 4.43. The highest BCUT2D eigenvalue weighted by molar-refractivity contribution is 6.05. The maximum Gasteiger partial charge on any atom is 0.294 e. The summed E-state index contributed by atoms with van der Waals surface area (Å²) in [6, 6.07) is 7.94. The summed E-state index contributed by atoms with van der Waals surface area (Å²) in [7, 11) is 0. The lowest BCUT2D eigenvalue weighted by atomic mass is 10.1. The van der Waals surface area contributed by atoms with Gasteiger partial charge in [0.15, 0.2) is 5.82 Å². The van der Waals surface area contributed by atoms with Crippen molar-refractivity contribution in [2.45, 2.75) is 6.92 Å². The average molecular weight is 408 g/mol. The molecule has 0 aliphatic rings. The van der Waals surface area contributed by atoms with Gasteiger partial charge in [-0.25, -0.2) is 9.37 Å². The molecule has 12 heteroatoms. The summed E-state index contributed by atoms with van der Waals surface area (Å²) in [4.78, 5) is 27.4. The van der Waals surface area contributed by atoms with Crippen molar-refractivity contribution in [1.82, 2.24) is 29.8 Å². The van der Waals surface area contributed by atoms with Crippen molar-refractivity contribution in [2.24, 2.45) is 0 Å². The number of nitrogens with zero attached hydrogens (tertiary/aromatic N) is 7. The first-order valence-corrected chi connectivity index (χ1v) is 8.57. The smallest absolute Gasteiger partial charge is 0.294 e. The van der Waals surface area contributed by atoms with Gasteiger partial charge in [-0.2, -0.15) is 4.68 Å². The highest BCUT2D eigenvalue weighted by Crippen LogP contribution is 2.25. The summed E-state index contributed by atoms with van der Waals surface area (Å²) in [5.41, 5.74) is 0.272. The number of rotatable bonds is 5. The van der Waals surface area contributed by atoms with Crippen LogP contribution in [-0.2, 0) is 0 Å². The lowest BCUT2D eigenvalue weighted by molar-refractivity contribution is -0.384. The molecule has 30 heavy (non-hydrogen) atoms. The Balaban J connectivity index is 1.65. The molecular formula is C18H13FN8O3. The largest absolute Gasteiger partial charge is 0.319 e. The molecule has 0 bridgehead atoms. The summed E-state index contributed by atoms with van der Waals surface area (Å²) in [5, 5.41) is 25.0. The maximum absolute atomic E-state index is 14.3. The fourth-order valence-corrected chi connectivity index (χ4v) is 2.84. The lowest BCUT2D eigenvalue weighted by Crippen LogP contribution is -2.14. The summed E-state index contributed by atoms with van der Waals surface area (Å²) < 4.78 is 17.1. The van der Waals surface area contributed by atoms with Gasteiger partial charge in [0, 0.05) is 24.0 Å². The molecule has 1 N–H and O–H groups in total. The predicted octanol–water partition coefficient (Wildman–Crippen LogP) is 2.46. The fraction of sp³-hybridized carbons (Fsp3) is 0.0556. The molecule has 1 amide bonds. The van der Waals surface area contributed by atoms with Gasteiger partial charge in [-0.05, 0) is 47.7 Å². The molecule has 0 aliphatic heterocycles. The van der Waals surface area contributed by atoms with E-state index in [1.54, 1.807) is 13.1 Å². The Kier molecular flexibility index (Phi) is 4.72. The van der Waals surface area contributed by atoms with Crippen LogP contribution >= 0.6 is 0 Å². The number of nitro benzene ring substituents is 1. The number of nitro groups is 1. The van der Waals surface area contributed by atoms with Gasteiger partial charge in [0.05, 0.1) is 22.6 Å². The van der Waals surface area contributed by atoms with Gasteiger partial charge < -0.3 is 9.88 Å². The van der Waals surface area contributed by atoms with E-state index < -0.39 is 16.6 Å². The van der Waals surface area contributed by atoms with Crippen molar-refractivity contribution in [2.75, 3.05) is 5.32 Å². The molecule has 0 saturated carbocycles.